The van der Waals surface area contributed by atoms with Crippen LogP contribution in [0.5, 0.6) is 0 Å². The highest BCUT2D eigenvalue weighted by atomic mass is 19.1. The Morgan fingerprint density at radius 3 is 2.61 bits per heavy atom. The van der Waals surface area contributed by atoms with E-state index in [9.17, 15) is 4.39 Å². The van der Waals surface area contributed by atoms with Crippen LogP contribution in [0.1, 0.15) is 18.1 Å². The molecule has 0 N–H and O–H groups in total. The van der Waals surface area contributed by atoms with Gasteiger partial charge in [0.2, 0.25) is 0 Å². The summed E-state index contributed by atoms with van der Waals surface area (Å²) in [6.45, 7) is 11.5. The molecule has 1 aliphatic heterocycles. The van der Waals surface area contributed by atoms with Crippen LogP contribution >= 0.6 is 0 Å². The SMILES string of the molecule is C=CCn1cc(CN2CCN(Cc3ccccc3F)C[C@H]2C)c2ccccc21. The van der Waals surface area contributed by atoms with Gasteiger partial charge in [-0.15, -0.1) is 6.58 Å². The predicted molar refractivity (Wildman–Crippen MR) is 114 cm³/mol. The lowest BCUT2D eigenvalue weighted by atomic mass is 10.1. The largest absolute Gasteiger partial charge is 0.343 e. The molecular formula is C24H28FN3. The van der Waals surface area contributed by atoms with Gasteiger partial charge in [0.25, 0.3) is 0 Å². The third-order valence-corrected chi connectivity index (χ3v) is 5.77. The number of hydrogen-bond acceptors (Lipinski definition) is 2. The molecule has 0 spiro atoms. The average Bonchev–Trinajstić information content (AvgIpc) is 3.04. The summed E-state index contributed by atoms with van der Waals surface area (Å²) < 4.78 is 16.2. The van der Waals surface area contributed by atoms with Crippen LogP contribution in [0, 0.1) is 5.82 Å². The van der Waals surface area contributed by atoms with Crippen LogP contribution in [0.3, 0.4) is 0 Å². The normalized spacial score (nSPS) is 18.6. The number of nitrogens with zero attached hydrogens (tertiary/aromatic N) is 3. The number of para-hydroxylation sites is 1. The van der Waals surface area contributed by atoms with Crippen molar-refractivity contribution in [1.29, 1.82) is 0 Å². The first-order valence-electron chi connectivity index (χ1n) is 10.0. The van der Waals surface area contributed by atoms with E-state index >= 15 is 0 Å². The monoisotopic (exact) mass is 377 g/mol. The maximum absolute atomic E-state index is 14.0. The van der Waals surface area contributed by atoms with Crippen molar-refractivity contribution < 1.29 is 4.39 Å². The van der Waals surface area contributed by atoms with E-state index in [4.69, 9.17) is 0 Å². The van der Waals surface area contributed by atoms with Crippen molar-refractivity contribution in [1.82, 2.24) is 14.4 Å². The minimum Gasteiger partial charge on any atom is -0.343 e. The molecule has 1 saturated heterocycles. The smallest absolute Gasteiger partial charge is 0.127 e. The molecule has 0 unspecified atom stereocenters. The van der Waals surface area contributed by atoms with E-state index in [2.05, 4.69) is 58.3 Å². The minimum absolute atomic E-state index is 0.104. The fraction of sp³-hybridized carbons (Fsp3) is 0.333. The Morgan fingerprint density at radius 2 is 1.82 bits per heavy atom. The minimum atomic E-state index is -0.104. The van der Waals surface area contributed by atoms with Gasteiger partial charge in [-0.3, -0.25) is 9.80 Å². The van der Waals surface area contributed by atoms with E-state index in [0.29, 0.717) is 12.6 Å². The van der Waals surface area contributed by atoms with Crippen molar-refractivity contribution in [3.05, 3.63) is 84.3 Å². The zero-order chi connectivity index (χ0) is 19.5. The highest BCUT2D eigenvalue weighted by molar-refractivity contribution is 5.84. The molecule has 0 amide bonds. The molecule has 1 fully saturated rings. The molecule has 0 saturated carbocycles. The summed E-state index contributed by atoms with van der Waals surface area (Å²) >= 11 is 0. The average molecular weight is 378 g/mol. The van der Waals surface area contributed by atoms with Crippen molar-refractivity contribution in [2.75, 3.05) is 19.6 Å². The molecule has 0 radical (unpaired) electrons. The van der Waals surface area contributed by atoms with Gasteiger partial charge < -0.3 is 4.57 Å². The number of rotatable bonds is 6. The third-order valence-electron chi connectivity index (χ3n) is 5.77. The van der Waals surface area contributed by atoms with Gasteiger partial charge in [-0.05, 0) is 24.6 Å². The molecule has 28 heavy (non-hydrogen) atoms. The van der Waals surface area contributed by atoms with Crippen LogP contribution in [0.25, 0.3) is 10.9 Å². The van der Waals surface area contributed by atoms with Crippen molar-refractivity contribution in [3.63, 3.8) is 0 Å². The van der Waals surface area contributed by atoms with Gasteiger partial charge in [-0.1, -0.05) is 42.5 Å². The van der Waals surface area contributed by atoms with Crippen LogP contribution in [0.2, 0.25) is 0 Å². The molecule has 2 heterocycles. The van der Waals surface area contributed by atoms with Gasteiger partial charge in [-0.25, -0.2) is 4.39 Å². The number of fused-ring (bicyclic) bond motifs is 1. The zero-order valence-electron chi connectivity index (χ0n) is 16.5. The molecule has 2 aromatic carbocycles. The van der Waals surface area contributed by atoms with Gasteiger partial charge in [0.15, 0.2) is 0 Å². The molecule has 4 rings (SSSR count). The summed E-state index contributed by atoms with van der Waals surface area (Å²) in [6, 6.07) is 16.1. The van der Waals surface area contributed by atoms with E-state index < -0.39 is 0 Å². The molecule has 1 aliphatic rings. The second-order valence-corrected chi connectivity index (χ2v) is 7.76. The summed E-state index contributed by atoms with van der Waals surface area (Å²) in [5.74, 6) is -0.104. The van der Waals surface area contributed by atoms with E-state index in [-0.39, 0.29) is 5.82 Å². The number of benzene rings is 2. The van der Waals surface area contributed by atoms with Crippen molar-refractivity contribution >= 4 is 10.9 Å². The molecule has 0 aliphatic carbocycles. The zero-order valence-corrected chi connectivity index (χ0v) is 16.5. The molecule has 146 valence electrons. The van der Waals surface area contributed by atoms with Crippen molar-refractivity contribution in [2.45, 2.75) is 32.6 Å². The summed E-state index contributed by atoms with van der Waals surface area (Å²) in [5.41, 5.74) is 3.42. The topological polar surface area (TPSA) is 11.4 Å². The van der Waals surface area contributed by atoms with Crippen molar-refractivity contribution in [2.24, 2.45) is 0 Å². The van der Waals surface area contributed by atoms with E-state index in [1.54, 1.807) is 12.1 Å². The Kier molecular flexibility index (Phi) is 5.60. The van der Waals surface area contributed by atoms with Gasteiger partial charge in [-0.2, -0.15) is 0 Å². The van der Waals surface area contributed by atoms with E-state index in [0.717, 1.165) is 38.3 Å². The van der Waals surface area contributed by atoms with Crippen LogP contribution in [0.4, 0.5) is 4.39 Å². The van der Waals surface area contributed by atoms with Crippen LogP contribution < -0.4 is 0 Å². The number of allylic oxidation sites excluding steroid dienone is 1. The first-order chi connectivity index (χ1) is 13.7. The lowest BCUT2D eigenvalue weighted by Crippen LogP contribution is -2.50. The molecule has 0 bridgehead atoms. The molecule has 1 aromatic heterocycles. The Morgan fingerprint density at radius 1 is 1.04 bits per heavy atom. The number of aromatic nitrogens is 1. The Hall–Kier alpha value is -2.43. The quantitative estimate of drug-likeness (QED) is 0.578. The first-order valence-corrected chi connectivity index (χ1v) is 10.0. The highest BCUT2D eigenvalue weighted by Crippen LogP contribution is 2.25. The highest BCUT2D eigenvalue weighted by Gasteiger charge is 2.25. The molecule has 1 atom stereocenters. The molecule has 4 heteroatoms. The fourth-order valence-corrected chi connectivity index (χ4v) is 4.27. The maximum Gasteiger partial charge on any atom is 0.127 e. The van der Waals surface area contributed by atoms with Gasteiger partial charge in [0, 0.05) is 68.0 Å². The molecule has 3 aromatic rings. The van der Waals surface area contributed by atoms with Crippen LogP contribution in [-0.4, -0.2) is 40.0 Å². The molecule has 3 nitrogen and oxygen atoms in total. The third kappa shape index (κ3) is 3.89. The lowest BCUT2D eigenvalue weighted by Gasteiger charge is -2.40. The number of hydrogen-bond donors (Lipinski definition) is 0. The van der Waals surface area contributed by atoms with E-state index in [1.807, 2.05) is 18.2 Å². The van der Waals surface area contributed by atoms with Crippen LogP contribution in [-0.2, 0) is 19.6 Å². The maximum atomic E-state index is 14.0. The fourth-order valence-electron chi connectivity index (χ4n) is 4.27. The Bertz CT molecular complexity index is 961. The summed E-state index contributed by atoms with van der Waals surface area (Å²) in [4.78, 5) is 4.90. The number of halogens is 1. The first kappa shape index (κ1) is 18.9. The Labute approximate surface area is 166 Å². The van der Waals surface area contributed by atoms with Gasteiger partial charge >= 0.3 is 0 Å². The molecular weight excluding hydrogens is 349 g/mol. The van der Waals surface area contributed by atoms with Gasteiger partial charge in [0.05, 0.1) is 0 Å². The van der Waals surface area contributed by atoms with E-state index in [1.165, 1.54) is 16.5 Å². The summed E-state index contributed by atoms with van der Waals surface area (Å²) in [5, 5.41) is 1.32. The second-order valence-electron chi connectivity index (χ2n) is 7.76. The Balaban J connectivity index is 1.45. The lowest BCUT2D eigenvalue weighted by molar-refractivity contribution is 0.0729. The standard InChI is InChI=1S/C24H28FN3/c1-3-12-28-18-21(22-9-5-7-11-24(22)28)17-27-14-13-26(15-19(27)2)16-20-8-4-6-10-23(20)25/h3-11,18-19H,1,12-17H2,2H3/t19-/m1/s1. The van der Waals surface area contributed by atoms with Gasteiger partial charge in [0.1, 0.15) is 5.82 Å². The summed E-state index contributed by atoms with van der Waals surface area (Å²) in [6.07, 6.45) is 4.21. The summed E-state index contributed by atoms with van der Waals surface area (Å²) in [7, 11) is 0. The number of piperazine rings is 1. The second kappa shape index (κ2) is 8.29. The predicted octanol–water partition coefficient (Wildman–Crippen LogP) is 4.67. The van der Waals surface area contributed by atoms with Crippen LogP contribution in [0.15, 0.2) is 67.4 Å². The van der Waals surface area contributed by atoms with Crippen molar-refractivity contribution in [3.8, 4) is 0 Å².